The fourth-order valence-corrected chi connectivity index (χ4v) is 3.62. The van der Waals surface area contributed by atoms with Crippen LogP contribution in [0.3, 0.4) is 0 Å². The van der Waals surface area contributed by atoms with E-state index in [4.69, 9.17) is 23.0 Å². The summed E-state index contributed by atoms with van der Waals surface area (Å²) in [6.07, 6.45) is 5.97. The highest BCUT2D eigenvalue weighted by molar-refractivity contribution is 6.30. The van der Waals surface area contributed by atoms with Crippen LogP contribution in [0.4, 0.5) is 5.69 Å². The van der Waals surface area contributed by atoms with Crippen LogP contribution in [-0.2, 0) is 11.3 Å². The summed E-state index contributed by atoms with van der Waals surface area (Å²) < 4.78 is 2.04. The second kappa shape index (κ2) is 6.27. The zero-order chi connectivity index (χ0) is 17.4. The summed E-state index contributed by atoms with van der Waals surface area (Å²) in [5.74, 6) is 3.65. The molecule has 2 heterocycles. The average Bonchev–Trinajstić information content (AvgIpc) is 3.16. The van der Waals surface area contributed by atoms with Gasteiger partial charge in [0.15, 0.2) is 0 Å². The number of hydrogen-bond donors (Lipinski definition) is 0. The minimum Gasteiger partial charge on any atom is -0.316 e. The number of para-hydroxylation sites is 2. The van der Waals surface area contributed by atoms with Crippen LogP contribution in [0.5, 0.6) is 0 Å². The van der Waals surface area contributed by atoms with E-state index in [0.717, 1.165) is 22.5 Å². The molecule has 5 heteroatoms. The maximum absolute atomic E-state index is 12.6. The summed E-state index contributed by atoms with van der Waals surface area (Å²) in [6.45, 7) is 1.02. The molecule has 1 atom stereocenters. The normalized spacial score (nSPS) is 17.2. The van der Waals surface area contributed by atoms with Gasteiger partial charge in [0, 0.05) is 29.6 Å². The van der Waals surface area contributed by atoms with Crippen LogP contribution in [0.15, 0.2) is 48.5 Å². The van der Waals surface area contributed by atoms with E-state index in [1.54, 1.807) is 11.0 Å². The number of aromatic nitrogens is 2. The van der Waals surface area contributed by atoms with Crippen molar-refractivity contribution in [1.82, 2.24) is 9.55 Å². The number of amides is 1. The number of carbonyl (C=O) groups excluding carboxylic acids is 1. The van der Waals surface area contributed by atoms with Crippen LogP contribution in [0, 0.1) is 12.3 Å². The average molecular weight is 350 g/mol. The minimum atomic E-state index is 0.00670. The van der Waals surface area contributed by atoms with Gasteiger partial charge in [-0.3, -0.25) is 4.79 Å². The van der Waals surface area contributed by atoms with Crippen LogP contribution >= 0.6 is 11.6 Å². The third-order valence-corrected chi connectivity index (χ3v) is 4.78. The van der Waals surface area contributed by atoms with Crippen LogP contribution in [-0.4, -0.2) is 22.0 Å². The van der Waals surface area contributed by atoms with Gasteiger partial charge in [-0.05, 0) is 30.3 Å². The van der Waals surface area contributed by atoms with Crippen molar-refractivity contribution >= 4 is 34.2 Å². The van der Waals surface area contributed by atoms with Crippen molar-refractivity contribution < 1.29 is 4.79 Å². The van der Waals surface area contributed by atoms with Crippen LogP contribution in [0.25, 0.3) is 11.0 Å². The summed E-state index contributed by atoms with van der Waals surface area (Å²) in [4.78, 5) is 19.1. The van der Waals surface area contributed by atoms with E-state index >= 15 is 0 Å². The molecule has 2 aromatic carbocycles. The van der Waals surface area contributed by atoms with Gasteiger partial charge in [-0.1, -0.05) is 35.7 Å². The standard InChI is InChI=1S/C20H16ClN3O/c1-2-10-23-18-9-4-3-8-17(18)22-20(23)14-11-19(25)24(13-14)16-7-5-6-15(21)12-16/h1,3-9,12,14H,10-11,13H2. The van der Waals surface area contributed by atoms with Crippen molar-refractivity contribution in [3.8, 4) is 12.3 Å². The summed E-state index contributed by atoms with van der Waals surface area (Å²) in [7, 11) is 0. The van der Waals surface area contributed by atoms with Gasteiger partial charge >= 0.3 is 0 Å². The summed E-state index contributed by atoms with van der Waals surface area (Å²) >= 11 is 6.07. The lowest BCUT2D eigenvalue weighted by Gasteiger charge is -2.17. The first kappa shape index (κ1) is 15.7. The Morgan fingerprint density at radius 2 is 2.08 bits per heavy atom. The molecule has 0 spiro atoms. The number of hydrogen-bond acceptors (Lipinski definition) is 2. The van der Waals surface area contributed by atoms with Gasteiger partial charge in [-0.25, -0.2) is 4.98 Å². The molecule has 1 aromatic heterocycles. The highest BCUT2D eigenvalue weighted by atomic mass is 35.5. The molecule has 1 aliphatic heterocycles. The van der Waals surface area contributed by atoms with Gasteiger partial charge < -0.3 is 9.47 Å². The molecule has 0 bridgehead atoms. The second-order valence-electron chi connectivity index (χ2n) is 6.13. The largest absolute Gasteiger partial charge is 0.316 e. The number of terminal acetylenes is 1. The van der Waals surface area contributed by atoms with Crippen LogP contribution in [0.2, 0.25) is 5.02 Å². The fraction of sp³-hybridized carbons (Fsp3) is 0.200. The molecule has 1 unspecified atom stereocenters. The van der Waals surface area contributed by atoms with Crippen molar-refractivity contribution in [2.75, 3.05) is 11.4 Å². The Kier molecular flexibility index (Phi) is 3.95. The molecular formula is C20H16ClN3O. The Balaban J connectivity index is 1.72. The molecule has 4 nitrogen and oxygen atoms in total. The topological polar surface area (TPSA) is 38.1 Å². The summed E-state index contributed by atoms with van der Waals surface area (Å²) in [5, 5.41) is 0.619. The van der Waals surface area contributed by atoms with Crippen LogP contribution in [0.1, 0.15) is 18.2 Å². The number of benzene rings is 2. The molecule has 3 aromatic rings. The first-order valence-corrected chi connectivity index (χ1v) is 8.49. The Bertz CT molecular complexity index is 1000. The van der Waals surface area contributed by atoms with E-state index in [1.807, 2.05) is 47.0 Å². The summed E-state index contributed by atoms with van der Waals surface area (Å²) in [5.41, 5.74) is 2.73. The smallest absolute Gasteiger partial charge is 0.227 e. The molecule has 0 N–H and O–H groups in total. The monoisotopic (exact) mass is 349 g/mol. The van der Waals surface area contributed by atoms with Gasteiger partial charge in [0.25, 0.3) is 0 Å². The minimum absolute atomic E-state index is 0.00670. The fourth-order valence-electron chi connectivity index (χ4n) is 3.44. The van der Waals surface area contributed by atoms with Gasteiger partial charge in [0.1, 0.15) is 5.82 Å². The Labute approximate surface area is 151 Å². The van der Waals surface area contributed by atoms with Crippen molar-refractivity contribution in [3.05, 3.63) is 59.4 Å². The molecule has 1 amide bonds. The van der Waals surface area contributed by atoms with E-state index in [2.05, 4.69) is 5.92 Å². The number of rotatable bonds is 3. The lowest BCUT2D eigenvalue weighted by atomic mass is 10.1. The Hall–Kier alpha value is -2.77. The number of fused-ring (bicyclic) bond motifs is 1. The second-order valence-corrected chi connectivity index (χ2v) is 6.57. The SMILES string of the molecule is C#CCn1c(C2CC(=O)N(c3cccc(Cl)c3)C2)nc2ccccc21. The van der Waals surface area contributed by atoms with Gasteiger partial charge in [-0.2, -0.15) is 0 Å². The predicted octanol–water partition coefficient (Wildman–Crippen LogP) is 3.84. The molecule has 124 valence electrons. The third-order valence-electron chi connectivity index (χ3n) is 4.54. The van der Waals surface area contributed by atoms with E-state index in [-0.39, 0.29) is 11.8 Å². The number of nitrogens with zero attached hydrogens (tertiary/aromatic N) is 3. The van der Waals surface area contributed by atoms with Crippen molar-refractivity contribution in [3.63, 3.8) is 0 Å². The van der Waals surface area contributed by atoms with E-state index in [0.29, 0.717) is 24.5 Å². The Morgan fingerprint density at radius 1 is 1.24 bits per heavy atom. The zero-order valence-electron chi connectivity index (χ0n) is 13.5. The highest BCUT2D eigenvalue weighted by Gasteiger charge is 2.34. The number of imidazole rings is 1. The maximum Gasteiger partial charge on any atom is 0.227 e. The van der Waals surface area contributed by atoms with E-state index < -0.39 is 0 Å². The van der Waals surface area contributed by atoms with Crippen molar-refractivity contribution in [2.45, 2.75) is 18.9 Å². The maximum atomic E-state index is 12.6. The molecule has 0 radical (unpaired) electrons. The highest BCUT2D eigenvalue weighted by Crippen LogP contribution is 2.33. The molecule has 4 rings (SSSR count). The number of carbonyl (C=O) groups is 1. The van der Waals surface area contributed by atoms with Gasteiger partial charge in [-0.15, -0.1) is 6.42 Å². The third kappa shape index (κ3) is 2.77. The zero-order valence-corrected chi connectivity index (χ0v) is 14.3. The molecule has 0 saturated carbocycles. The number of anilines is 1. The first-order valence-electron chi connectivity index (χ1n) is 8.12. The summed E-state index contributed by atoms with van der Waals surface area (Å²) in [6, 6.07) is 15.3. The molecule has 0 aliphatic carbocycles. The first-order chi connectivity index (χ1) is 12.2. The molecule has 25 heavy (non-hydrogen) atoms. The van der Waals surface area contributed by atoms with Gasteiger partial charge in [0.05, 0.1) is 17.6 Å². The van der Waals surface area contributed by atoms with Crippen LogP contribution < -0.4 is 4.90 Å². The lowest BCUT2D eigenvalue weighted by Crippen LogP contribution is -2.24. The molecule has 1 saturated heterocycles. The van der Waals surface area contributed by atoms with E-state index in [1.165, 1.54) is 0 Å². The number of halogens is 1. The quantitative estimate of drug-likeness (QED) is 0.674. The predicted molar refractivity (Wildman–Crippen MR) is 99.7 cm³/mol. The van der Waals surface area contributed by atoms with Gasteiger partial charge in [0.2, 0.25) is 5.91 Å². The van der Waals surface area contributed by atoms with Crippen molar-refractivity contribution in [1.29, 1.82) is 0 Å². The van der Waals surface area contributed by atoms with Crippen molar-refractivity contribution in [2.24, 2.45) is 0 Å². The molecular weight excluding hydrogens is 334 g/mol. The van der Waals surface area contributed by atoms with E-state index in [9.17, 15) is 4.79 Å². The Morgan fingerprint density at radius 3 is 2.88 bits per heavy atom. The lowest BCUT2D eigenvalue weighted by molar-refractivity contribution is -0.117. The molecule has 1 fully saturated rings. The molecule has 1 aliphatic rings.